The van der Waals surface area contributed by atoms with Crippen molar-refractivity contribution in [1.29, 1.82) is 0 Å². The van der Waals surface area contributed by atoms with Crippen molar-refractivity contribution in [2.75, 3.05) is 29.4 Å². The van der Waals surface area contributed by atoms with Crippen LogP contribution in [0.4, 0.5) is 17.5 Å². The van der Waals surface area contributed by atoms with E-state index in [0.29, 0.717) is 0 Å². The van der Waals surface area contributed by atoms with Crippen LogP contribution in [0, 0.1) is 5.92 Å². The number of fused-ring (bicyclic) bond motifs is 1. The van der Waals surface area contributed by atoms with Crippen LogP contribution in [-0.4, -0.2) is 29.6 Å². The third-order valence-electron chi connectivity index (χ3n) is 6.06. The monoisotopic (exact) mass is 370 g/mol. The van der Waals surface area contributed by atoms with Crippen LogP contribution in [0.1, 0.15) is 24.0 Å². The van der Waals surface area contributed by atoms with E-state index in [4.69, 9.17) is 4.98 Å². The molecule has 0 amide bonds. The zero-order chi connectivity index (χ0) is 18.8. The summed E-state index contributed by atoms with van der Waals surface area (Å²) in [4.78, 5) is 14.2. The highest BCUT2D eigenvalue weighted by Crippen LogP contribution is 2.34. The Morgan fingerprint density at radius 3 is 2.50 bits per heavy atom. The zero-order valence-corrected chi connectivity index (χ0v) is 16.2. The van der Waals surface area contributed by atoms with Crippen LogP contribution in [0.15, 0.2) is 66.9 Å². The van der Waals surface area contributed by atoms with Crippen molar-refractivity contribution in [2.24, 2.45) is 5.92 Å². The Morgan fingerprint density at radius 1 is 0.857 bits per heavy atom. The summed E-state index contributed by atoms with van der Waals surface area (Å²) in [5.41, 5.74) is 4.14. The molecule has 0 atom stereocenters. The van der Waals surface area contributed by atoms with Gasteiger partial charge in [0.25, 0.3) is 0 Å². The molecule has 4 heteroatoms. The Bertz CT molecular complexity index is 932. The number of piperidine rings is 1. The summed E-state index contributed by atoms with van der Waals surface area (Å²) in [5.74, 6) is 2.65. The smallest absolute Gasteiger partial charge is 0.227 e. The van der Waals surface area contributed by atoms with Gasteiger partial charge >= 0.3 is 0 Å². The predicted octanol–water partition coefficient (Wildman–Crippen LogP) is 4.63. The van der Waals surface area contributed by atoms with Crippen LogP contribution in [-0.2, 0) is 12.8 Å². The number of hydrogen-bond donors (Lipinski definition) is 0. The second kappa shape index (κ2) is 7.63. The molecule has 2 aliphatic heterocycles. The van der Waals surface area contributed by atoms with Crippen molar-refractivity contribution in [3.05, 3.63) is 78.0 Å². The summed E-state index contributed by atoms with van der Waals surface area (Å²) in [6.07, 6.45) is 6.58. The van der Waals surface area contributed by atoms with Gasteiger partial charge in [0, 0.05) is 31.5 Å². The first-order valence-electron chi connectivity index (χ1n) is 10.3. The predicted molar refractivity (Wildman–Crippen MR) is 114 cm³/mol. The Kier molecular flexibility index (Phi) is 4.69. The van der Waals surface area contributed by atoms with Gasteiger partial charge in [-0.05, 0) is 54.9 Å². The van der Waals surface area contributed by atoms with Gasteiger partial charge in [-0.3, -0.25) is 0 Å². The first kappa shape index (κ1) is 17.2. The largest absolute Gasteiger partial charge is 0.341 e. The summed E-state index contributed by atoms with van der Waals surface area (Å²) in [6.45, 7) is 3.07. The number of nitrogens with zero attached hydrogens (tertiary/aromatic N) is 4. The lowest BCUT2D eigenvalue weighted by atomic mass is 9.90. The standard InChI is InChI=1S/C24H26N4/c1-2-6-19(7-3-1)18-20-11-15-27(16-12-20)24-25-14-10-23(26-24)28-17-13-21-8-4-5-9-22(21)28/h1-10,14,20H,11-13,15-18H2. The molecule has 142 valence electrons. The van der Waals surface area contributed by atoms with E-state index < -0.39 is 0 Å². The molecule has 2 aromatic carbocycles. The molecule has 28 heavy (non-hydrogen) atoms. The Hall–Kier alpha value is -2.88. The van der Waals surface area contributed by atoms with Gasteiger partial charge < -0.3 is 9.80 Å². The van der Waals surface area contributed by atoms with E-state index in [2.05, 4.69) is 69.4 Å². The maximum atomic E-state index is 4.93. The van der Waals surface area contributed by atoms with Gasteiger partial charge in [-0.2, -0.15) is 4.98 Å². The van der Waals surface area contributed by atoms with Crippen LogP contribution >= 0.6 is 0 Å². The van der Waals surface area contributed by atoms with E-state index >= 15 is 0 Å². The highest BCUT2D eigenvalue weighted by Gasteiger charge is 2.24. The van der Waals surface area contributed by atoms with Gasteiger partial charge in [0.15, 0.2) is 0 Å². The maximum Gasteiger partial charge on any atom is 0.227 e. The minimum absolute atomic E-state index is 0.757. The molecule has 0 bridgehead atoms. The summed E-state index contributed by atoms with van der Waals surface area (Å²) in [7, 11) is 0. The van der Waals surface area contributed by atoms with Crippen LogP contribution in [0.2, 0.25) is 0 Å². The second-order valence-corrected chi connectivity index (χ2v) is 7.87. The number of aromatic nitrogens is 2. The maximum absolute atomic E-state index is 4.93. The van der Waals surface area contributed by atoms with Gasteiger partial charge in [0.05, 0.1) is 0 Å². The number of anilines is 3. The second-order valence-electron chi connectivity index (χ2n) is 7.87. The van der Waals surface area contributed by atoms with Crippen LogP contribution in [0.3, 0.4) is 0 Å². The van der Waals surface area contributed by atoms with E-state index in [1.807, 2.05) is 12.3 Å². The quantitative estimate of drug-likeness (QED) is 0.670. The van der Waals surface area contributed by atoms with Gasteiger partial charge in [0.1, 0.15) is 5.82 Å². The van der Waals surface area contributed by atoms with Crippen molar-refractivity contribution in [2.45, 2.75) is 25.7 Å². The van der Waals surface area contributed by atoms with Crippen LogP contribution in [0.25, 0.3) is 0 Å². The molecule has 5 rings (SSSR count). The first-order chi connectivity index (χ1) is 13.9. The van der Waals surface area contributed by atoms with Crippen LogP contribution in [0.5, 0.6) is 0 Å². The Labute approximate surface area is 166 Å². The topological polar surface area (TPSA) is 32.3 Å². The molecule has 0 N–H and O–H groups in total. The Morgan fingerprint density at radius 2 is 1.64 bits per heavy atom. The van der Waals surface area contributed by atoms with E-state index in [-0.39, 0.29) is 0 Å². The first-order valence-corrected chi connectivity index (χ1v) is 10.3. The molecule has 0 radical (unpaired) electrons. The van der Waals surface area contributed by atoms with E-state index in [0.717, 1.165) is 43.7 Å². The molecule has 0 unspecified atom stereocenters. The molecule has 1 fully saturated rings. The van der Waals surface area contributed by atoms with Gasteiger partial charge in [-0.1, -0.05) is 48.5 Å². The van der Waals surface area contributed by atoms with E-state index in [1.165, 1.54) is 36.1 Å². The summed E-state index contributed by atoms with van der Waals surface area (Å²) in [6, 6.07) is 21.5. The SMILES string of the molecule is c1ccc(CC2CCN(c3nccc(N4CCc5ccccc54)n3)CC2)cc1. The fourth-order valence-corrected chi connectivity index (χ4v) is 4.50. The number of hydrogen-bond acceptors (Lipinski definition) is 4. The summed E-state index contributed by atoms with van der Waals surface area (Å²) < 4.78 is 0. The van der Waals surface area contributed by atoms with Gasteiger partial charge in [-0.15, -0.1) is 0 Å². The molecule has 1 aromatic heterocycles. The van der Waals surface area contributed by atoms with E-state index in [9.17, 15) is 0 Å². The highest BCUT2D eigenvalue weighted by molar-refractivity contribution is 5.67. The van der Waals surface area contributed by atoms with Gasteiger partial charge in [0.2, 0.25) is 5.95 Å². The van der Waals surface area contributed by atoms with E-state index in [1.54, 1.807) is 0 Å². The van der Waals surface area contributed by atoms with Crippen molar-refractivity contribution >= 4 is 17.5 Å². The summed E-state index contributed by atoms with van der Waals surface area (Å²) >= 11 is 0. The number of benzene rings is 2. The third-order valence-corrected chi connectivity index (χ3v) is 6.06. The fraction of sp³-hybridized carbons (Fsp3) is 0.333. The number of para-hydroxylation sites is 1. The molecule has 0 aliphatic carbocycles. The van der Waals surface area contributed by atoms with Crippen molar-refractivity contribution in [1.82, 2.24) is 9.97 Å². The lowest BCUT2D eigenvalue weighted by Crippen LogP contribution is -2.35. The molecule has 3 heterocycles. The Balaban J connectivity index is 1.26. The van der Waals surface area contributed by atoms with Crippen LogP contribution < -0.4 is 9.80 Å². The summed E-state index contributed by atoms with van der Waals surface area (Å²) in [5, 5.41) is 0. The molecule has 1 saturated heterocycles. The fourth-order valence-electron chi connectivity index (χ4n) is 4.50. The average molecular weight is 371 g/mol. The molecule has 4 nitrogen and oxygen atoms in total. The lowest BCUT2D eigenvalue weighted by Gasteiger charge is -2.32. The minimum atomic E-state index is 0.757. The molecular weight excluding hydrogens is 344 g/mol. The number of rotatable bonds is 4. The highest BCUT2D eigenvalue weighted by atomic mass is 15.3. The van der Waals surface area contributed by atoms with Crippen molar-refractivity contribution in [3.63, 3.8) is 0 Å². The van der Waals surface area contributed by atoms with Crippen molar-refractivity contribution in [3.8, 4) is 0 Å². The molecule has 0 saturated carbocycles. The van der Waals surface area contributed by atoms with Crippen molar-refractivity contribution < 1.29 is 0 Å². The van der Waals surface area contributed by atoms with Gasteiger partial charge in [-0.25, -0.2) is 4.98 Å². The molecule has 0 spiro atoms. The zero-order valence-electron chi connectivity index (χ0n) is 16.2. The molecular formula is C24H26N4. The minimum Gasteiger partial charge on any atom is -0.341 e. The normalized spacial score (nSPS) is 17.0. The third kappa shape index (κ3) is 3.47. The lowest BCUT2D eigenvalue weighted by molar-refractivity contribution is 0.400. The average Bonchev–Trinajstić information content (AvgIpc) is 3.19. The molecule has 2 aliphatic rings. The molecule has 3 aromatic rings.